The van der Waals surface area contributed by atoms with Gasteiger partial charge in [-0.1, -0.05) is 25.1 Å². The zero-order valence-electron chi connectivity index (χ0n) is 17.1. The Bertz CT molecular complexity index is 968. The molecule has 0 bridgehead atoms. The second-order valence-electron chi connectivity index (χ2n) is 6.57. The Hall–Kier alpha value is -2.50. The zero-order chi connectivity index (χ0) is 23.1. The molecule has 0 radical (unpaired) electrons. The Morgan fingerprint density at radius 2 is 1.71 bits per heavy atom. The van der Waals surface area contributed by atoms with Crippen LogP contribution in [0.2, 0.25) is 0 Å². The number of rotatable bonds is 11. The Labute approximate surface area is 179 Å². The molecule has 0 aromatic heterocycles. The molecule has 0 saturated heterocycles. The molecular formula is C20H25F3N2O5S. The monoisotopic (exact) mass is 462 g/mol. The first-order chi connectivity index (χ1) is 14.5. The fourth-order valence-corrected chi connectivity index (χ4v) is 3.60. The van der Waals surface area contributed by atoms with Gasteiger partial charge < -0.3 is 19.5 Å². The van der Waals surface area contributed by atoms with E-state index in [0.29, 0.717) is 18.5 Å². The number of hydrogen-bond acceptors (Lipinski definition) is 6. The number of ether oxygens (including phenoxy) is 3. The van der Waals surface area contributed by atoms with E-state index in [2.05, 4.69) is 5.32 Å². The lowest BCUT2D eigenvalue weighted by Crippen LogP contribution is -2.26. The molecule has 31 heavy (non-hydrogen) atoms. The van der Waals surface area contributed by atoms with Crippen LogP contribution >= 0.6 is 0 Å². The highest BCUT2D eigenvalue weighted by Gasteiger charge is 2.29. The number of benzene rings is 2. The van der Waals surface area contributed by atoms with Crippen molar-refractivity contribution >= 4 is 10.0 Å². The van der Waals surface area contributed by atoms with Crippen LogP contribution in [-0.2, 0) is 10.0 Å². The molecule has 0 fully saturated rings. The van der Waals surface area contributed by atoms with Gasteiger partial charge in [-0.2, -0.15) is 13.2 Å². The number of nitrogens with one attached hydrogen (secondary N) is 1. The number of hydrogen-bond donors (Lipinski definition) is 2. The maximum absolute atomic E-state index is 12.4. The molecule has 7 nitrogen and oxygen atoms in total. The molecule has 0 heterocycles. The maximum Gasteiger partial charge on any atom is 0.422 e. The summed E-state index contributed by atoms with van der Waals surface area (Å²) in [6, 6.07) is 10.6. The SMILES string of the molecule is CCC(NCCOc1ccccc1OCC(F)(F)F)c1ccc(OC)c(S(N)(=O)=O)c1. The minimum atomic E-state index is -4.45. The number of halogens is 3. The van der Waals surface area contributed by atoms with Crippen LogP contribution in [0.25, 0.3) is 0 Å². The summed E-state index contributed by atoms with van der Waals surface area (Å²) in [5.74, 6) is 0.349. The van der Waals surface area contributed by atoms with Gasteiger partial charge in [-0.15, -0.1) is 0 Å². The van der Waals surface area contributed by atoms with Gasteiger partial charge in [-0.05, 0) is 36.2 Å². The smallest absolute Gasteiger partial charge is 0.422 e. The van der Waals surface area contributed by atoms with E-state index in [-0.39, 0.29) is 34.8 Å². The number of para-hydroxylation sites is 2. The lowest BCUT2D eigenvalue weighted by molar-refractivity contribution is -0.153. The van der Waals surface area contributed by atoms with E-state index in [1.807, 2.05) is 6.92 Å². The molecule has 0 amide bonds. The Morgan fingerprint density at radius 3 is 2.26 bits per heavy atom. The molecule has 0 saturated carbocycles. The molecule has 172 valence electrons. The van der Waals surface area contributed by atoms with E-state index in [1.165, 1.54) is 31.4 Å². The number of sulfonamides is 1. The fourth-order valence-electron chi connectivity index (χ4n) is 2.87. The Balaban J connectivity index is 1.99. The van der Waals surface area contributed by atoms with Crippen LogP contribution in [0, 0.1) is 0 Å². The zero-order valence-corrected chi connectivity index (χ0v) is 17.9. The summed E-state index contributed by atoms with van der Waals surface area (Å²) in [4.78, 5) is -0.111. The molecule has 1 unspecified atom stereocenters. The molecular weight excluding hydrogens is 437 g/mol. The number of methoxy groups -OCH3 is 1. The highest BCUT2D eigenvalue weighted by Crippen LogP contribution is 2.29. The molecule has 0 spiro atoms. The van der Waals surface area contributed by atoms with Crippen molar-refractivity contribution in [3.8, 4) is 17.2 Å². The highest BCUT2D eigenvalue weighted by atomic mass is 32.2. The summed E-state index contributed by atoms with van der Waals surface area (Å²) in [6.07, 6.45) is -3.81. The first-order valence-corrected chi connectivity index (χ1v) is 10.9. The first kappa shape index (κ1) is 24.8. The van der Waals surface area contributed by atoms with Crippen LogP contribution in [0.5, 0.6) is 17.2 Å². The second kappa shape index (κ2) is 10.7. The number of primary sulfonamides is 1. The largest absolute Gasteiger partial charge is 0.495 e. The molecule has 2 aromatic carbocycles. The standard InChI is InChI=1S/C20H25F3N2O5S/c1-3-15(14-8-9-18(28-2)19(12-14)31(24,26)27)25-10-11-29-16-6-4-5-7-17(16)30-13-20(21,22)23/h4-9,12,15,25H,3,10-11,13H2,1-2H3,(H2,24,26,27). The number of nitrogens with two attached hydrogens (primary N) is 1. The minimum absolute atomic E-state index is 0.000171. The van der Waals surface area contributed by atoms with Gasteiger partial charge in [0.1, 0.15) is 17.3 Å². The van der Waals surface area contributed by atoms with Crippen LogP contribution in [-0.4, -0.2) is 41.5 Å². The topological polar surface area (TPSA) is 99.9 Å². The fraction of sp³-hybridized carbons (Fsp3) is 0.400. The Morgan fingerprint density at radius 1 is 1.06 bits per heavy atom. The van der Waals surface area contributed by atoms with Crippen molar-refractivity contribution in [1.29, 1.82) is 0 Å². The van der Waals surface area contributed by atoms with Crippen molar-refractivity contribution in [2.75, 3.05) is 26.9 Å². The van der Waals surface area contributed by atoms with Crippen LogP contribution in [0.3, 0.4) is 0 Å². The third-order valence-electron chi connectivity index (χ3n) is 4.30. The average Bonchev–Trinajstić information content (AvgIpc) is 2.71. The van der Waals surface area contributed by atoms with E-state index in [9.17, 15) is 21.6 Å². The second-order valence-corrected chi connectivity index (χ2v) is 8.10. The van der Waals surface area contributed by atoms with Gasteiger partial charge in [0.25, 0.3) is 0 Å². The van der Waals surface area contributed by atoms with Gasteiger partial charge in [-0.25, -0.2) is 13.6 Å². The normalized spacial score (nSPS) is 13.0. The van der Waals surface area contributed by atoms with Gasteiger partial charge >= 0.3 is 6.18 Å². The molecule has 0 aliphatic carbocycles. The van der Waals surface area contributed by atoms with Crippen LogP contribution in [0.15, 0.2) is 47.4 Å². The maximum atomic E-state index is 12.4. The lowest BCUT2D eigenvalue weighted by Gasteiger charge is -2.20. The van der Waals surface area contributed by atoms with Gasteiger partial charge in [0.2, 0.25) is 10.0 Å². The van der Waals surface area contributed by atoms with Gasteiger partial charge in [0, 0.05) is 12.6 Å². The van der Waals surface area contributed by atoms with E-state index >= 15 is 0 Å². The molecule has 2 aromatic rings. The molecule has 2 rings (SSSR count). The van der Waals surface area contributed by atoms with E-state index in [1.54, 1.807) is 18.2 Å². The highest BCUT2D eigenvalue weighted by molar-refractivity contribution is 7.89. The van der Waals surface area contributed by atoms with Gasteiger partial charge in [0.05, 0.1) is 7.11 Å². The molecule has 1 atom stereocenters. The quantitative estimate of drug-likeness (QED) is 0.497. The molecule has 3 N–H and O–H groups in total. The van der Waals surface area contributed by atoms with Crippen molar-refractivity contribution in [3.05, 3.63) is 48.0 Å². The van der Waals surface area contributed by atoms with E-state index < -0.39 is 22.8 Å². The first-order valence-electron chi connectivity index (χ1n) is 9.40. The Kier molecular flexibility index (Phi) is 8.54. The summed E-state index contributed by atoms with van der Waals surface area (Å²) in [7, 11) is -2.61. The van der Waals surface area contributed by atoms with Crippen LogP contribution in [0.4, 0.5) is 13.2 Å². The summed E-state index contributed by atoms with van der Waals surface area (Å²) in [5.41, 5.74) is 0.696. The van der Waals surface area contributed by atoms with Crippen molar-refractivity contribution in [2.45, 2.75) is 30.5 Å². The van der Waals surface area contributed by atoms with Crippen molar-refractivity contribution in [2.24, 2.45) is 5.14 Å². The van der Waals surface area contributed by atoms with Crippen molar-refractivity contribution in [3.63, 3.8) is 0 Å². The molecule has 0 aliphatic rings. The summed E-state index contributed by atoms with van der Waals surface area (Å²) < 4.78 is 76.2. The van der Waals surface area contributed by atoms with Gasteiger partial charge in [0.15, 0.2) is 18.1 Å². The summed E-state index contributed by atoms with van der Waals surface area (Å²) in [5, 5.41) is 8.49. The predicted octanol–water partition coefficient (Wildman–Crippen LogP) is 3.40. The summed E-state index contributed by atoms with van der Waals surface area (Å²) >= 11 is 0. The predicted molar refractivity (Wildman–Crippen MR) is 109 cm³/mol. The number of alkyl halides is 3. The minimum Gasteiger partial charge on any atom is -0.495 e. The third kappa shape index (κ3) is 7.60. The third-order valence-corrected chi connectivity index (χ3v) is 5.23. The van der Waals surface area contributed by atoms with Crippen LogP contribution in [0.1, 0.15) is 24.9 Å². The molecule has 11 heteroatoms. The summed E-state index contributed by atoms with van der Waals surface area (Å²) in [6.45, 7) is 1.01. The van der Waals surface area contributed by atoms with Crippen molar-refractivity contribution < 1.29 is 35.8 Å². The van der Waals surface area contributed by atoms with Crippen molar-refractivity contribution in [1.82, 2.24) is 5.32 Å². The van der Waals surface area contributed by atoms with E-state index in [4.69, 9.17) is 19.3 Å². The van der Waals surface area contributed by atoms with Crippen LogP contribution < -0.4 is 24.7 Å². The van der Waals surface area contributed by atoms with E-state index in [0.717, 1.165) is 0 Å². The van der Waals surface area contributed by atoms with Gasteiger partial charge in [-0.3, -0.25) is 0 Å². The molecule has 0 aliphatic heterocycles. The lowest BCUT2D eigenvalue weighted by atomic mass is 10.0. The average molecular weight is 462 g/mol.